The van der Waals surface area contributed by atoms with Crippen molar-refractivity contribution in [3.05, 3.63) is 70.4 Å². The van der Waals surface area contributed by atoms with Gasteiger partial charge in [0.2, 0.25) is 0 Å². The minimum Gasteiger partial charge on any atom is -0.465 e. The van der Waals surface area contributed by atoms with Crippen LogP contribution >= 0.6 is 0 Å². The van der Waals surface area contributed by atoms with Crippen molar-refractivity contribution < 1.29 is 27.9 Å². The summed E-state index contributed by atoms with van der Waals surface area (Å²) in [5.41, 5.74) is 3.88. The quantitative estimate of drug-likeness (QED) is 0.488. The van der Waals surface area contributed by atoms with Gasteiger partial charge in [0.15, 0.2) is 0 Å². The molecule has 7 nitrogen and oxygen atoms in total. The Morgan fingerprint density at radius 1 is 1.06 bits per heavy atom. The molecule has 3 N–H and O–H groups in total. The molecule has 2 aromatic carbocycles. The molecule has 1 aromatic heterocycles. The number of alkyl halides is 3. The van der Waals surface area contributed by atoms with Crippen LogP contribution in [0.3, 0.4) is 0 Å². The van der Waals surface area contributed by atoms with Crippen molar-refractivity contribution in [3.63, 3.8) is 0 Å². The molecule has 0 aliphatic carbocycles. The maximum absolute atomic E-state index is 12.9. The second-order valence-corrected chi connectivity index (χ2v) is 9.52. The predicted octanol–water partition coefficient (Wildman–Crippen LogP) is 4.62. The number of hydrogen-bond donors (Lipinski definition) is 3. The Morgan fingerprint density at radius 3 is 2.44 bits per heavy atom. The Bertz CT molecular complexity index is 1280. The van der Waals surface area contributed by atoms with Gasteiger partial charge in [0.05, 0.1) is 5.56 Å². The highest BCUT2D eigenvalue weighted by molar-refractivity contribution is 5.99. The van der Waals surface area contributed by atoms with E-state index in [0.717, 1.165) is 52.8 Å². The molecule has 3 heterocycles. The SMILES string of the molecule is O=C(NC1CCN(C(=O)O)CC1)c1ccc2[nH]c3c(c2c1)CN(Cc1ccc(C(F)(F)F)cc1)CC3. The van der Waals surface area contributed by atoms with E-state index in [1.165, 1.54) is 17.0 Å². The lowest BCUT2D eigenvalue weighted by molar-refractivity contribution is -0.137. The molecule has 5 rings (SSSR count). The Balaban J connectivity index is 1.27. The molecule has 36 heavy (non-hydrogen) atoms. The molecule has 0 spiro atoms. The number of benzene rings is 2. The molecule has 0 unspecified atom stereocenters. The fourth-order valence-corrected chi connectivity index (χ4v) is 5.09. The first-order chi connectivity index (χ1) is 17.2. The van der Waals surface area contributed by atoms with Crippen LogP contribution in [0.15, 0.2) is 42.5 Å². The lowest BCUT2D eigenvalue weighted by Gasteiger charge is -2.30. The van der Waals surface area contributed by atoms with Gasteiger partial charge >= 0.3 is 12.3 Å². The summed E-state index contributed by atoms with van der Waals surface area (Å²) in [7, 11) is 0. The minimum absolute atomic E-state index is 0.0665. The van der Waals surface area contributed by atoms with E-state index in [1.807, 2.05) is 12.1 Å². The summed E-state index contributed by atoms with van der Waals surface area (Å²) >= 11 is 0. The number of H-pyrrole nitrogens is 1. The summed E-state index contributed by atoms with van der Waals surface area (Å²) in [6.45, 7) is 2.76. The predicted molar refractivity (Wildman–Crippen MR) is 128 cm³/mol. The summed E-state index contributed by atoms with van der Waals surface area (Å²) in [5, 5.41) is 13.1. The number of amides is 2. The first-order valence-electron chi connectivity index (χ1n) is 12.0. The number of fused-ring (bicyclic) bond motifs is 3. The van der Waals surface area contributed by atoms with E-state index in [1.54, 1.807) is 6.07 Å². The topological polar surface area (TPSA) is 88.7 Å². The van der Waals surface area contributed by atoms with E-state index >= 15 is 0 Å². The maximum Gasteiger partial charge on any atom is 0.416 e. The van der Waals surface area contributed by atoms with E-state index in [-0.39, 0.29) is 11.9 Å². The number of piperidine rings is 1. The highest BCUT2D eigenvalue weighted by atomic mass is 19.4. The van der Waals surface area contributed by atoms with E-state index in [2.05, 4.69) is 15.2 Å². The smallest absolute Gasteiger partial charge is 0.416 e. The zero-order chi connectivity index (χ0) is 25.4. The number of carbonyl (C=O) groups is 2. The molecule has 10 heteroatoms. The number of halogens is 3. The van der Waals surface area contributed by atoms with Crippen molar-refractivity contribution in [2.45, 2.75) is 44.6 Å². The van der Waals surface area contributed by atoms with Gasteiger partial charge in [0.25, 0.3) is 5.91 Å². The summed E-state index contributed by atoms with van der Waals surface area (Å²) in [4.78, 5) is 31.0. The third kappa shape index (κ3) is 5.04. The van der Waals surface area contributed by atoms with Gasteiger partial charge in [0, 0.05) is 67.3 Å². The Labute approximate surface area is 205 Å². The molecule has 190 valence electrons. The van der Waals surface area contributed by atoms with Crippen LogP contribution in [0.2, 0.25) is 0 Å². The molecule has 0 bridgehead atoms. The van der Waals surface area contributed by atoms with Gasteiger partial charge in [-0.05, 0) is 54.3 Å². The largest absolute Gasteiger partial charge is 0.465 e. The van der Waals surface area contributed by atoms with Crippen molar-refractivity contribution in [2.75, 3.05) is 19.6 Å². The number of rotatable bonds is 4. The van der Waals surface area contributed by atoms with Crippen LogP contribution in [0, 0.1) is 0 Å². The maximum atomic E-state index is 12.9. The zero-order valence-electron chi connectivity index (χ0n) is 19.6. The van der Waals surface area contributed by atoms with Crippen molar-refractivity contribution >= 4 is 22.9 Å². The number of nitrogens with zero attached hydrogens (tertiary/aromatic N) is 2. The van der Waals surface area contributed by atoms with Gasteiger partial charge in [-0.25, -0.2) is 4.79 Å². The summed E-state index contributed by atoms with van der Waals surface area (Å²) in [5.74, 6) is -0.182. The van der Waals surface area contributed by atoms with Crippen LogP contribution in [-0.2, 0) is 25.7 Å². The van der Waals surface area contributed by atoms with Gasteiger partial charge in [-0.3, -0.25) is 9.69 Å². The summed E-state index contributed by atoms with van der Waals surface area (Å²) in [6.07, 6.45) is -3.33. The number of carboxylic acid groups (broad SMARTS) is 1. The molecule has 1 saturated heterocycles. The highest BCUT2D eigenvalue weighted by Gasteiger charge is 2.30. The van der Waals surface area contributed by atoms with Crippen LogP contribution in [0.5, 0.6) is 0 Å². The number of likely N-dealkylation sites (tertiary alicyclic amines) is 1. The Morgan fingerprint density at radius 2 is 1.78 bits per heavy atom. The number of aromatic nitrogens is 1. The van der Waals surface area contributed by atoms with Crippen LogP contribution < -0.4 is 5.32 Å². The number of carbonyl (C=O) groups excluding carboxylic acids is 1. The molecule has 1 fully saturated rings. The van der Waals surface area contributed by atoms with E-state index < -0.39 is 17.8 Å². The van der Waals surface area contributed by atoms with Crippen LogP contribution in [-0.4, -0.2) is 57.6 Å². The van der Waals surface area contributed by atoms with E-state index in [4.69, 9.17) is 5.11 Å². The molecule has 0 saturated carbocycles. The molecular weight excluding hydrogens is 473 g/mol. The molecule has 2 amide bonds. The third-order valence-electron chi connectivity index (χ3n) is 7.10. The molecule has 2 aliphatic heterocycles. The van der Waals surface area contributed by atoms with Crippen LogP contribution in [0.25, 0.3) is 10.9 Å². The monoisotopic (exact) mass is 500 g/mol. The lowest BCUT2D eigenvalue weighted by atomic mass is 10.0. The summed E-state index contributed by atoms with van der Waals surface area (Å²) < 4.78 is 38.6. The fourth-order valence-electron chi connectivity index (χ4n) is 5.09. The normalized spacial score (nSPS) is 17.2. The first kappa shape index (κ1) is 24.2. The van der Waals surface area contributed by atoms with E-state index in [9.17, 15) is 22.8 Å². The average Bonchev–Trinajstić information content (AvgIpc) is 3.21. The van der Waals surface area contributed by atoms with Crippen LogP contribution in [0.1, 0.15) is 45.6 Å². The van der Waals surface area contributed by atoms with Crippen molar-refractivity contribution in [1.29, 1.82) is 0 Å². The van der Waals surface area contributed by atoms with Gasteiger partial charge in [-0.15, -0.1) is 0 Å². The minimum atomic E-state index is -4.34. The first-order valence-corrected chi connectivity index (χ1v) is 12.0. The van der Waals surface area contributed by atoms with E-state index in [0.29, 0.717) is 44.6 Å². The third-order valence-corrected chi connectivity index (χ3v) is 7.10. The zero-order valence-corrected chi connectivity index (χ0v) is 19.6. The van der Waals surface area contributed by atoms with Crippen LogP contribution in [0.4, 0.5) is 18.0 Å². The van der Waals surface area contributed by atoms with Crippen molar-refractivity contribution in [2.24, 2.45) is 0 Å². The fraction of sp³-hybridized carbons (Fsp3) is 0.385. The highest BCUT2D eigenvalue weighted by Crippen LogP contribution is 2.31. The average molecular weight is 501 g/mol. The number of nitrogens with one attached hydrogen (secondary N) is 2. The molecule has 2 aliphatic rings. The Kier molecular flexibility index (Phi) is 6.38. The van der Waals surface area contributed by atoms with Gasteiger partial charge < -0.3 is 20.3 Å². The standard InChI is InChI=1S/C26H27F3N4O3/c27-26(28,29)18-4-1-16(2-5-18)14-32-10-9-23-21(15-32)20-13-17(3-6-22(20)31-23)24(34)30-19-7-11-33(12-8-19)25(35)36/h1-6,13,19,31H,7-12,14-15H2,(H,30,34)(H,35,36). The molecule has 3 aromatic rings. The Hall–Kier alpha value is -3.53. The van der Waals surface area contributed by atoms with Crippen molar-refractivity contribution in [1.82, 2.24) is 20.1 Å². The number of aromatic amines is 1. The number of hydrogen-bond acceptors (Lipinski definition) is 3. The van der Waals surface area contributed by atoms with Crippen molar-refractivity contribution in [3.8, 4) is 0 Å². The molecule has 0 atom stereocenters. The summed E-state index contributed by atoms with van der Waals surface area (Å²) in [6, 6.07) is 10.8. The van der Waals surface area contributed by atoms with Gasteiger partial charge in [-0.2, -0.15) is 13.2 Å². The van der Waals surface area contributed by atoms with Gasteiger partial charge in [0.1, 0.15) is 0 Å². The molecule has 0 radical (unpaired) electrons. The van der Waals surface area contributed by atoms with Gasteiger partial charge in [-0.1, -0.05) is 12.1 Å². The second-order valence-electron chi connectivity index (χ2n) is 9.52. The second kappa shape index (κ2) is 9.50. The lowest BCUT2D eigenvalue weighted by Crippen LogP contribution is -2.46. The molecular formula is C26H27F3N4O3.